The number of hydrogen-bond donors (Lipinski definition) is 1. The Morgan fingerprint density at radius 3 is 2.85 bits per heavy atom. The Bertz CT molecular complexity index is 261. The molecule has 3 rings (SSSR count). The number of carbonyl (C=O) groups is 1. The molecule has 2 nitrogen and oxygen atoms in total. The highest BCUT2D eigenvalue weighted by Crippen LogP contribution is 2.66. The standard InChI is InChI=1S/C11H16O2/c12-10(13)11-5-1-2-9(11)7-3-4-8(11)6-7/h7-9H,1-6H2,(H,12,13)/t7-,8-,9-,11-/m1/s1. The lowest BCUT2D eigenvalue weighted by molar-refractivity contribution is -0.154. The largest absolute Gasteiger partial charge is 0.481 e. The zero-order valence-corrected chi connectivity index (χ0v) is 7.83. The van der Waals surface area contributed by atoms with E-state index in [4.69, 9.17) is 0 Å². The summed E-state index contributed by atoms with van der Waals surface area (Å²) in [5.74, 6) is 1.36. The van der Waals surface area contributed by atoms with Crippen molar-refractivity contribution in [2.24, 2.45) is 23.2 Å². The van der Waals surface area contributed by atoms with E-state index < -0.39 is 5.97 Å². The molecule has 13 heavy (non-hydrogen) atoms. The first-order valence-corrected chi connectivity index (χ1v) is 5.48. The third kappa shape index (κ3) is 0.733. The summed E-state index contributed by atoms with van der Waals surface area (Å²) < 4.78 is 0. The van der Waals surface area contributed by atoms with Crippen molar-refractivity contribution in [2.75, 3.05) is 0 Å². The third-order valence-corrected chi connectivity index (χ3v) is 4.94. The van der Waals surface area contributed by atoms with Crippen LogP contribution in [0.25, 0.3) is 0 Å². The summed E-state index contributed by atoms with van der Waals surface area (Å²) in [7, 11) is 0. The molecule has 2 heteroatoms. The van der Waals surface area contributed by atoms with Gasteiger partial charge in [-0.05, 0) is 49.9 Å². The average Bonchev–Trinajstić information content (AvgIpc) is 2.76. The lowest BCUT2D eigenvalue weighted by atomic mass is 9.68. The van der Waals surface area contributed by atoms with Crippen molar-refractivity contribution < 1.29 is 9.90 Å². The summed E-state index contributed by atoms with van der Waals surface area (Å²) >= 11 is 0. The Balaban J connectivity index is 2.04. The molecule has 2 bridgehead atoms. The van der Waals surface area contributed by atoms with E-state index >= 15 is 0 Å². The highest BCUT2D eigenvalue weighted by atomic mass is 16.4. The maximum Gasteiger partial charge on any atom is 0.310 e. The zero-order valence-electron chi connectivity index (χ0n) is 7.83. The lowest BCUT2D eigenvalue weighted by Crippen LogP contribution is -2.39. The van der Waals surface area contributed by atoms with E-state index in [1.165, 1.54) is 25.7 Å². The minimum Gasteiger partial charge on any atom is -0.481 e. The molecule has 3 aliphatic rings. The fourth-order valence-electron chi connectivity index (χ4n) is 4.51. The Labute approximate surface area is 78.3 Å². The van der Waals surface area contributed by atoms with Crippen LogP contribution in [-0.2, 0) is 4.79 Å². The van der Waals surface area contributed by atoms with Crippen LogP contribution < -0.4 is 0 Å². The molecular weight excluding hydrogens is 164 g/mol. The Hall–Kier alpha value is -0.530. The summed E-state index contributed by atoms with van der Waals surface area (Å²) in [6.07, 6.45) is 7.03. The zero-order chi connectivity index (χ0) is 9.05. The summed E-state index contributed by atoms with van der Waals surface area (Å²) in [4.78, 5) is 11.4. The van der Waals surface area contributed by atoms with Crippen LogP contribution in [-0.4, -0.2) is 11.1 Å². The van der Waals surface area contributed by atoms with Gasteiger partial charge in [-0.2, -0.15) is 0 Å². The van der Waals surface area contributed by atoms with Crippen molar-refractivity contribution in [1.82, 2.24) is 0 Å². The van der Waals surface area contributed by atoms with Crippen LogP contribution in [0.4, 0.5) is 0 Å². The van der Waals surface area contributed by atoms with Crippen LogP contribution in [0.1, 0.15) is 38.5 Å². The second-order valence-electron chi connectivity index (χ2n) is 5.11. The first-order valence-electron chi connectivity index (χ1n) is 5.48. The van der Waals surface area contributed by atoms with Crippen LogP contribution in [0.2, 0.25) is 0 Å². The maximum atomic E-state index is 11.4. The van der Waals surface area contributed by atoms with Gasteiger partial charge in [0, 0.05) is 0 Å². The first-order chi connectivity index (χ1) is 6.25. The van der Waals surface area contributed by atoms with Crippen LogP contribution in [0.15, 0.2) is 0 Å². The molecule has 3 aliphatic carbocycles. The monoisotopic (exact) mass is 180 g/mol. The van der Waals surface area contributed by atoms with Crippen molar-refractivity contribution in [3.05, 3.63) is 0 Å². The van der Waals surface area contributed by atoms with Crippen molar-refractivity contribution >= 4 is 5.97 Å². The molecule has 0 spiro atoms. The fraction of sp³-hybridized carbons (Fsp3) is 0.909. The number of carboxylic acids is 1. The van der Waals surface area contributed by atoms with E-state index in [-0.39, 0.29) is 5.41 Å². The van der Waals surface area contributed by atoms with Gasteiger partial charge in [0.15, 0.2) is 0 Å². The van der Waals surface area contributed by atoms with Crippen molar-refractivity contribution in [1.29, 1.82) is 0 Å². The Kier molecular flexibility index (Phi) is 1.38. The van der Waals surface area contributed by atoms with Gasteiger partial charge in [-0.3, -0.25) is 4.79 Å². The topological polar surface area (TPSA) is 37.3 Å². The van der Waals surface area contributed by atoms with Gasteiger partial charge < -0.3 is 5.11 Å². The molecule has 0 aromatic heterocycles. The summed E-state index contributed by atoms with van der Waals surface area (Å²) in [6.45, 7) is 0. The second-order valence-corrected chi connectivity index (χ2v) is 5.11. The highest BCUT2D eigenvalue weighted by molar-refractivity contribution is 5.77. The number of hydrogen-bond acceptors (Lipinski definition) is 1. The van der Waals surface area contributed by atoms with Crippen LogP contribution in [0, 0.1) is 23.2 Å². The first kappa shape index (κ1) is 7.84. The normalized spacial score (nSPS) is 52.5. The summed E-state index contributed by atoms with van der Waals surface area (Å²) in [5.41, 5.74) is -0.261. The predicted molar refractivity (Wildman–Crippen MR) is 48.2 cm³/mol. The van der Waals surface area contributed by atoms with Gasteiger partial charge in [0.1, 0.15) is 0 Å². The maximum absolute atomic E-state index is 11.4. The van der Waals surface area contributed by atoms with E-state index in [2.05, 4.69) is 0 Å². The van der Waals surface area contributed by atoms with Gasteiger partial charge in [0.2, 0.25) is 0 Å². The smallest absolute Gasteiger partial charge is 0.310 e. The van der Waals surface area contributed by atoms with Crippen molar-refractivity contribution in [2.45, 2.75) is 38.5 Å². The van der Waals surface area contributed by atoms with Crippen molar-refractivity contribution in [3.8, 4) is 0 Å². The highest BCUT2D eigenvalue weighted by Gasteiger charge is 2.63. The van der Waals surface area contributed by atoms with E-state index in [1.807, 2.05) is 0 Å². The molecule has 0 aromatic rings. The van der Waals surface area contributed by atoms with E-state index in [0.29, 0.717) is 11.8 Å². The lowest BCUT2D eigenvalue weighted by Gasteiger charge is -2.35. The van der Waals surface area contributed by atoms with Gasteiger partial charge in [-0.15, -0.1) is 0 Å². The average molecular weight is 180 g/mol. The second kappa shape index (κ2) is 2.28. The summed E-state index contributed by atoms with van der Waals surface area (Å²) in [6, 6.07) is 0. The predicted octanol–water partition coefficient (Wildman–Crippen LogP) is 2.29. The van der Waals surface area contributed by atoms with Crippen LogP contribution in [0.3, 0.4) is 0 Å². The SMILES string of the molecule is O=C(O)[C@@]12CCC[C@@H]1[C@@H]1CC[C@@H]2C1. The van der Waals surface area contributed by atoms with Gasteiger partial charge in [0.05, 0.1) is 5.41 Å². The Morgan fingerprint density at radius 1 is 1.31 bits per heavy atom. The Morgan fingerprint density at radius 2 is 2.15 bits per heavy atom. The van der Waals surface area contributed by atoms with Gasteiger partial charge in [-0.25, -0.2) is 0 Å². The fourth-order valence-corrected chi connectivity index (χ4v) is 4.51. The molecule has 0 radical (unpaired) electrons. The van der Waals surface area contributed by atoms with Gasteiger partial charge in [-0.1, -0.05) is 6.42 Å². The molecule has 0 unspecified atom stereocenters. The molecule has 3 saturated carbocycles. The molecule has 4 atom stereocenters. The number of carboxylic acid groups (broad SMARTS) is 1. The molecule has 0 heterocycles. The minimum atomic E-state index is -0.484. The van der Waals surface area contributed by atoms with Crippen molar-refractivity contribution in [3.63, 3.8) is 0 Å². The molecule has 0 aromatic carbocycles. The molecule has 0 amide bonds. The molecular formula is C11H16O2. The molecule has 72 valence electrons. The van der Waals surface area contributed by atoms with E-state index in [1.54, 1.807) is 0 Å². The number of fused-ring (bicyclic) bond motifs is 5. The van der Waals surface area contributed by atoms with Gasteiger partial charge in [0.25, 0.3) is 0 Å². The quantitative estimate of drug-likeness (QED) is 0.672. The number of rotatable bonds is 1. The van der Waals surface area contributed by atoms with Crippen LogP contribution >= 0.6 is 0 Å². The number of aliphatic carboxylic acids is 1. The van der Waals surface area contributed by atoms with E-state index in [0.717, 1.165) is 18.8 Å². The molecule has 3 fully saturated rings. The minimum absolute atomic E-state index is 0.261. The summed E-state index contributed by atoms with van der Waals surface area (Å²) in [5, 5.41) is 9.40. The third-order valence-electron chi connectivity index (χ3n) is 4.94. The van der Waals surface area contributed by atoms with E-state index in [9.17, 15) is 9.90 Å². The molecule has 0 aliphatic heterocycles. The van der Waals surface area contributed by atoms with Gasteiger partial charge >= 0.3 is 5.97 Å². The van der Waals surface area contributed by atoms with Crippen LogP contribution in [0.5, 0.6) is 0 Å². The molecule has 1 N–H and O–H groups in total. The molecule has 0 saturated heterocycles.